The van der Waals surface area contributed by atoms with Crippen molar-refractivity contribution < 1.29 is 72.6 Å². The summed E-state index contributed by atoms with van der Waals surface area (Å²) in [6, 6.07) is -2.91. The third-order valence-corrected chi connectivity index (χ3v) is 6.34. The van der Waals surface area contributed by atoms with Gasteiger partial charge in [0.15, 0.2) is 5.78 Å². The Morgan fingerprint density at radius 1 is 0.580 bits per heavy atom. The zero-order valence-electron chi connectivity index (χ0n) is 28.3. The van der Waals surface area contributed by atoms with Crippen molar-refractivity contribution in [2.45, 2.75) is 57.5 Å². The minimum Gasteiger partial charge on any atom is -0.481 e. The summed E-state index contributed by atoms with van der Waals surface area (Å²) in [5.74, 6) is -7.55. The summed E-state index contributed by atoms with van der Waals surface area (Å²) < 4.78 is 20.8. The van der Waals surface area contributed by atoms with Gasteiger partial charge in [0.2, 0.25) is 23.6 Å². The molecule has 4 amide bonds. The summed E-state index contributed by atoms with van der Waals surface area (Å²) in [5, 5.41) is 37.5. The fourth-order valence-corrected chi connectivity index (χ4v) is 3.81. The second-order valence-corrected chi connectivity index (χ2v) is 10.6. The number of carboxylic acid groups (broad SMARTS) is 3. The Bertz CT molecular complexity index is 1130. The third kappa shape index (κ3) is 25.5. The standard InChI is InChI=1S/C30H49N5O15/c1-20(36)18-49-15-13-48-12-10-33-27(40)19-50-16-14-47-11-9-32-24(37)7-4-22(29(43)44)35-26(39)8-5-23(30(45)46)34-25(38)6-3-21(17-31-2)28(41)42/h17,21-23H,3-16,18-19H2,1-2H3,(H,32,37)(H,33,40)(H,34,38)(H,35,39)(H,41,42)(H,43,44)(H,45,46)/b31-17+/t21-,22+,23+/m0/s1. The maximum atomic E-state index is 12.3. The molecular weight excluding hydrogens is 670 g/mol. The van der Waals surface area contributed by atoms with Gasteiger partial charge in [-0.05, 0) is 26.2 Å². The van der Waals surface area contributed by atoms with Crippen LogP contribution in [0.2, 0.25) is 0 Å². The highest BCUT2D eigenvalue weighted by Gasteiger charge is 2.25. The molecule has 0 bridgehead atoms. The van der Waals surface area contributed by atoms with Crippen molar-refractivity contribution in [2.24, 2.45) is 10.9 Å². The fraction of sp³-hybridized carbons (Fsp3) is 0.700. The van der Waals surface area contributed by atoms with Crippen molar-refractivity contribution in [1.29, 1.82) is 0 Å². The summed E-state index contributed by atoms with van der Waals surface area (Å²) in [4.78, 5) is 96.9. The maximum Gasteiger partial charge on any atom is 0.326 e. The Morgan fingerprint density at radius 2 is 1.02 bits per heavy atom. The molecule has 0 unspecified atom stereocenters. The van der Waals surface area contributed by atoms with E-state index < -0.39 is 60.1 Å². The Kier molecular flexibility index (Phi) is 25.8. The SMILES string of the molecule is C/N=C/[C@H](CCC(=O)N[C@H](CCC(=O)N[C@H](CCC(=O)NCCOCCOCC(=O)NCCOCCOCC(C)=O)C(=O)O)C(=O)O)C(=O)O. The molecule has 0 saturated carbocycles. The van der Waals surface area contributed by atoms with E-state index >= 15 is 0 Å². The van der Waals surface area contributed by atoms with Gasteiger partial charge in [0.05, 0.1) is 45.6 Å². The summed E-state index contributed by atoms with van der Waals surface area (Å²) in [6.45, 7) is 2.85. The number of carbonyl (C=O) groups excluding carboxylic acids is 5. The van der Waals surface area contributed by atoms with Crippen LogP contribution in [-0.4, -0.2) is 154 Å². The molecule has 284 valence electrons. The van der Waals surface area contributed by atoms with Crippen LogP contribution in [0, 0.1) is 5.92 Å². The Morgan fingerprint density at radius 3 is 1.48 bits per heavy atom. The molecule has 0 heterocycles. The van der Waals surface area contributed by atoms with Gasteiger partial charge < -0.3 is 55.5 Å². The lowest BCUT2D eigenvalue weighted by Gasteiger charge is -2.17. The Hall–Kier alpha value is -4.53. The highest BCUT2D eigenvalue weighted by molar-refractivity contribution is 5.90. The van der Waals surface area contributed by atoms with Crippen LogP contribution in [0.15, 0.2) is 4.99 Å². The average Bonchev–Trinajstić information content (AvgIpc) is 3.04. The third-order valence-electron chi connectivity index (χ3n) is 6.34. The molecule has 0 fully saturated rings. The minimum absolute atomic E-state index is 0.0299. The molecule has 20 heteroatoms. The number of carboxylic acids is 3. The zero-order chi connectivity index (χ0) is 37.7. The highest BCUT2D eigenvalue weighted by Crippen LogP contribution is 2.07. The first-order valence-electron chi connectivity index (χ1n) is 15.8. The van der Waals surface area contributed by atoms with E-state index in [4.69, 9.17) is 24.1 Å². The number of carbonyl (C=O) groups is 8. The smallest absolute Gasteiger partial charge is 0.326 e. The fourth-order valence-electron chi connectivity index (χ4n) is 3.81. The minimum atomic E-state index is -1.48. The first-order chi connectivity index (χ1) is 23.8. The zero-order valence-corrected chi connectivity index (χ0v) is 28.3. The molecule has 50 heavy (non-hydrogen) atoms. The lowest BCUT2D eigenvalue weighted by molar-refractivity contribution is -0.143. The molecule has 0 aliphatic rings. The number of hydrogen-bond donors (Lipinski definition) is 7. The number of nitrogens with zero attached hydrogens (tertiary/aromatic N) is 1. The van der Waals surface area contributed by atoms with Gasteiger partial charge in [-0.15, -0.1) is 0 Å². The van der Waals surface area contributed by atoms with Crippen molar-refractivity contribution in [1.82, 2.24) is 21.3 Å². The number of aliphatic carboxylic acids is 3. The van der Waals surface area contributed by atoms with Crippen molar-refractivity contribution in [3.63, 3.8) is 0 Å². The number of nitrogens with one attached hydrogen (secondary N) is 4. The highest BCUT2D eigenvalue weighted by atomic mass is 16.5. The van der Waals surface area contributed by atoms with Crippen LogP contribution in [-0.2, 0) is 57.3 Å². The Balaban J connectivity index is 4.16. The molecule has 3 atom stereocenters. The largest absolute Gasteiger partial charge is 0.481 e. The lowest BCUT2D eigenvalue weighted by Crippen LogP contribution is -2.44. The topological polar surface area (TPSA) is 295 Å². The van der Waals surface area contributed by atoms with Gasteiger partial charge in [0.1, 0.15) is 25.3 Å². The number of Topliss-reactive ketones (excluding diaryl/α,β-unsaturated/α-hetero) is 1. The lowest BCUT2D eigenvalue weighted by atomic mass is 10.0. The Labute approximate surface area is 289 Å². The van der Waals surface area contributed by atoms with Crippen LogP contribution in [0.5, 0.6) is 0 Å². The van der Waals surface area contributed by atoms with Crippen LogP contribution < -0.4 is 21.3 Å². The average molecular weight is 720 g/mol. The van der Waals surface area contributed by atoms with Crippen molar-refractivity contribution in [3.05, 3.63) is 0 Å². The monoisotopic (exact) mass is 719 g/mol. The molecule has 20 nitrogen and oxygen atoms in total. The number of ketones is 1. The number of amides is 4. The van der Waals surface area contributed by atoms with Crippen LogP contribution in [0.4, 0.5) is 0 Å². The van der Waals surface area contributed by atoms with Crippen LogP contribution in [0.1, 0.15) is 45.4 Å². The van der Waals surface area contributed by atoms with Gasteiger partial charge in [0.25, 0.3) is 0 Å². The summed E-state index contributed by atoms with van der Waals surface area (Å²) >= 11 is 0. The normalized spacial score (nSPS) is 12.8. The summed E-state index contributed by atoms with van der Waals surface area (Å²) in [6.07, 6.45) is -0.588. The first kappa shape index (κ1) is 45.5. The quantitative estimate of drug-likeness (QED) is 0.0294. The molecule has 0 rings (SSSR count). The first-order valence-corrected chi connectivity index (χ1v) is 15.8. The predicted octanol–water partition coefficient (Wildman–Crippen LogP) is -2.24. The summed E-state index contributed by atoms with van der Waals surface area (Å²) in [5.41, 5.74) is 0. The number of rotatable bonds is 31. The van der Waals surface area contributed by atoms with E-state index in [-0.39, 0.29) is 103 Å². The number of hydrogen-bond acceptors (Lipinski definition) is 13. The summed E-state index contributed by atoms with van der Waals surface area (Å²) in [7, 11) is 1.37. The molecular formula is C30H49N5O15. The molecule has 0 radical (unpaired) electrons. The van der Waals surface area contributed by atoms with Crippen LogP contribution in [0.25, 0.3) is 0 Å². The molecule has 0 aromatic heterocycles. The second-order valence-electron chi connectivity index (χ2n) is 10.6. The maximum absolute atomic E-state index is 12.3. The van der Waals surface area contributed by atoms with Gasteiger partial charge in [-0.1, -0.05) is 0 Å². The van der Waals surface area contributed by atoms with E-state index in [2.05, 4.69) is 26.3 Å². The van der Waals surface area contributed by atoms with Gasteiger partial charge >= 0.3 is 17.9 Å². The van der Waals surface area contributed by atoms with Gasteiger partial charge in [-0.25, -0.2) is 9.59 Å². The van der Waals surface area contributed by atoms with E-state index in [1.807, 2.05) is 0 Å². The van der Waals surface area contributed by atoms with Gasteiger partial charge in [-0.3, -0.25) is 33.8 Å². The number of ether oxygens (including phenoxy) is 4. The molecule has 0 saturated heterocycles. The van der Waals surface area contributed by atoms with Crippen LogP contribution >= 0.6 is 0 Å². The van der Waals surface area contributed by atoms with Gasteiger partial charge in [0, 0.05) is 45.6 Å². The molecule has 0 aromatic carbocycles. The van der Waals surface area contributed by atoms with E-state index in [1.54, 1.807) is 0 Å². The van der Waals surface area contributed by atoms with Crippen LogP contribution in [0.3, 0.4) is 0 Å². The van der Waals surface area contributed by atoms with E-state index in [0.29, 0.717) is 6.61 Å². The molecule has 7 N–H and O–H groups in total. The number of aliphatic imine (C=N–C) groups is 1. The predicted molar refractivity (Wildman–Crippen MR) is 172 cm³/mol. The molecule has 0 aliphatic carbocycles. The molecule has 0 aliphatic heterocycles. The van der Waals surface area contributed by atoms with Crippen molar-refractivity contribution in [2.75, 3.05) is 73.0 Å². The second kappa shape index (κ2) is 28.3. The molecule has 0 spiro atoms. The van der Waals surface area contributed by atoms with Gasteiger partial charge in [-0.2, -0.15) is 0 Å². The van der Waals surface area contributed by atoms with Crippen molar-refractivity contribution in [3.8, 4) is 0 Å². The van der Waals surface area contributed by atoms with E-state index in [0.717, 1.165) is 6.21 Å². The van der Waals surface area contributed by atoms with Crippen molar-refractivity contribution >= 4 is 53.5 Å². The van der Waals surface area contributed by atoms with E-state index in [9.17, 15) is 48.6 Å². The molecule has 0 aromatic rings. The van der Waals surface area contributed by atoms with E-state index in [1.165, 1.54) is 14.0 Å².